The van der Waals surface area contributed by atoms with Gasteiger partial charge in [0, 0.05) is 17.2 Å². The number of aromatic carboxylic acids is 1. The van der Waals surface area contributed by atoms with Crippen molar-refractivity contribution < 1.29 is 14.3 Å². The number of halogens is 1. The summed E-state index contributed by atoms with van der Waals surface area (Å²) in [5.74, 6) is -0.113. The third kappa shape index (κ3) is 2.92. The number of carboxylic acids is 1. The van der Waals surface area contributed by atoms with E-state index in [1.165, 1.54) is 0 Å². The first-order chi connectivity index (χ1) is 8.56. The zero-order valence-corrected chi connectivity index (χ0v) is 11.3. The maximum Gasteiger partial charge on any atom is 0.335 e. The lowest BCUT2D eigenvalue weighted by molar-refractivity contribution is 0.0697. The predicted molar refractivity (Wildman–Crippen MR) is 71.9 cm³/mol. The number of anilines is 1. The van der Waals surface area contributed by atoms with Gasteiger partial charge in [0.25, 0.3) is 0 Å². The van der Waals surface area contributed by atoms with Crippen molar-refractivity contribution in [3.05, 3.63) is 52.4 Å². The van der Waals surface area contributed by atoms with Gasteiger partial charge >= 0.3 is 5.97 Å². The Kier molecular flexibility index (Phi) is 3.72. The Morgan fingerprint density at radius 1 is 1.44 bits per heavy atom. The molecular weight excluding hydrogens is 298 g/mol. The Morgan fingerprint density at radius 3 is 2.83 bits per heavy atom. The summed E-state index contributed by atoms with van der Waals surface area (Å²) < 4.78 is 6.00. The van der Waals surface area contributed by atoms with E-state index in [1.54, 1.807) is 18.4 Å². The minimum Gasteiger partial charge on any atom is -0.478 e. The molecule has 0 aliphatic rings. The van der Waals surface area contributed by atoms with E-state index in [0.29, 0.717) is 6.54 Å². The molecule has 0 saturated carbocycles. The highest BCUT2D eigenvalue weighted by Crippen LogP contribution is 2.23. The number of furan rings is 1. The molecule has 1 N–H and O–H groups in total. The smallest absolute Gasteiger partial charge is 0.335 e. The summed E-state index contributed by atoms with van der Waals surface area (Å²) in [6.07, 6.45) is 1.62. The lowest BCUT2D eigenvalue weighted by Crippen LogP contribution is -2.16. The summed E-state index contributed by atoms with van der Waals surface area (Å²) in [7, 11) is 1.88. The summed E-state index contributed by atoms with van der Waals surface area (Å²) in [6, 6.07) is 8.79. The highest BCUT2D eigenvalue weighted by atomic mass is 79.9. The Labute approximate surface area is 113 Å². The van der Waals surface area contributed by atoms with Crippen LogP contribution >= 0.6 is 15.9 Å². The van der Waals surface area contributed by atoms with Crippen LogP contribution in [0.25, 0.3) is 0 Å². The fourth-order valence-corrected chi connectivity index (χ4v) is 2.13. The number of hydrogen-bond donors (Lipinski definition) is 1. The molecule has 2 rings (SSSR count). The molecule has 0 amide bonds. The molecule has 1 aromatic heterocycles. The van der Waals surface area contributed by atoms with Crippen LogP contribution in [-0.2, 0) is 6.54 Å². The Bertz CT molecular complexity index is 551. The Morgan fingerprint density at radius 2 is 2.22 bits per heavy atom. The lowest BCUT2D eigenvalue weighted by atomic mass is 10.2. The number of benzene rings is 1. The topological polar surface area (TPSA) is 53.7 Å². The summed E-state index contributed by atoms with van der Waals surface area (Å²) in [5.41, 5.74) is 1.07. The fourth-order valence-electron chi connectivity index (χ4n) is 1.65. The first-order valence-corrected chi connectivity index (χ1v) is 6.13. The Balaban J connectivity index is 2.24. The summed E-state index contributed by atoms with van der Waals surface area (Å²) in [6.45, 7) is 0.586. The minimum atomic E-state index is -0.941. The van der Waals surface area contributed by atoms with Crippen molar-refractivity contribution in [2.75, 3.05) is 11.9 Å². The van der Waals surface area contributed by atoms with E-state index in [4.69, 9.17) is 9.52 Å². The molecule has 0 aliphatic carbocycles. The second kappa shape index (κ2) is 5.27. The molecular formula is C13H12BrNO3. The molecule has 18 heavy (non-hydrogen) atoms. The number of rotatable bonds is 4. The van der Waals surface area contributed by atoms with Crippen LogP contribution in [0.2, 0.25) is 0 Å². The molecule has 0 atom stereocenters. The van der Waals surface area contributed by atoms with Gasteiger partial charge in [0.1, 0.15) is 5.76 Å². The quantitative estimate of drug-likeness (QED) is 0.940. The van der Waals surface area contributed by atoms with E-state index in [2.05, 4.69) is 15.9 Å². The molecule has 0 saturated heterocycles. The Hall–Kier alpha value is -1.75. The molecule has 5 heteroatoms. The standard InChI is InChI=1S/C13H12BrNO3/c1-15(8-12-3-2-4-18-12)11-6-9(13(16)17)5-10(14)7-11/h2-7H,8H2,1H3,(H,16,17). The summed E-state index contributed by atoms with van der Waals surface area (Å²) in [5, 5.41) is 9.01. The van der Waals surface area contributed by atoms with Gasteiger partial charge in [0.2, 0.25) is 0 Å². The van der Waals surface area contributed by atoms with Gasteiger partial charge in [-0.2, -0.15) is 0 Å². The maximum absolute atomic E-state index is 11.0. The molecule has 0 unspecified atom stereocenters. The molecule has 0 fully saturated rings. The molecule has 0 radical (unpaired) electrons. The van der Waals surface area contributed by atoms with Gasteiger partial charge in [-0.1, -0.05) is 15.9 Å². The zero-order valence-electron chi connectivity index (χ0n) is 9.76. The normalized spacial score (nSPS) is 10.3. The molecule has 0 spiro atoms. The van der Waals surface area contributed by atoms with E-state index in [0.717, 1.165) is 15.9 Å². The van der Waals surface area contributed by atoms with E-state index >= 15 is 0 Å². The minimum absolute atomic E-state index is 0.255. The van der Waals surface area contributed by atoms with Crippen LogP contribution in [0.5, 0.6) is 0 Å². The van der Waals surface area contributed by atoms with Crippen molar-refractivity contribution in [1.82, 2.24) is 0 Å². The number of hydrogen-bond acceptors (Lipinski definition) is 3. The van der Waals surface area contributed by atoms with Crippen LogP contribution in [0, 0.1) is 0 Å². The second-order valence-electron chi connectivity index (χ2n) is 3.94. The van der Waals surface area contributed by atoms with Gasteiger partial charge in [-0.3, -0.25) is 0 Å². The van der Waals surface area contributed by atoms with Gasteiger partial charge in [-0.15, -0.1) is 0 Å². The molecule has 0 aliphatic heterocycles. The van der Waals surface area contributed by atoms with Crippen LogP contribution < -0.4 is 4.90 Å². The predicted octanol–water partition coefficient (Wildman–Crippen LogP) is 3.38. The third-order valence-corrected chi connectivity index (χ3v) is 3.00. The van der Waals surface area contributed by atoms with Crippen LogP contribution in [-0.4, -0.2) is 18.1 Å². The first-order valence-electron chi connectivity index (χ1n) is 5.33. The molecule has 2 aromatic rings. The lowest BCUT2D eigenvalue weighted by Gasteiger charge is -2.18. The van der Waals surface area contributed by atoms with Gasteiger partial charge < -0.3 is 14.4 Å². The molecule has 1 aromatic carbocycles. The zero-order chi connectivity index (χ0) is 13.1. The molecule has 1 heterocycles. The largest absolute Gasteiger partial charge is 0.478 e. The highest BCUT2D eigenvalue weighted by molar-refractivity contribution is 9.10. The molecule has 4 nitrogen and oxygen atoms in total. The maximum atomic E-state index is 11.0. The third-order valence-electron chi connectivity index (χ3n) is 2.54. The van der Waals surface area contributed by atoms with E-state index in [9.17, 15) is 4.79 Å². The average molecular weight is 310 g/mol. The molecule has 94 valence electrons. The monoisotopic (exact) mass is 309 g/mol. The summed E-state index contributed by atoms with van der Waals surface area (Å²) >= 11 is 3.31. The van der Waals surface area contributed by atoms with E-state index in [1.807, 2.05) is 30.1 Å². The SMILES string of the molecule is CN(Cc1ccco1)c1cc(Br)cc(C(=O)O)c1. The van der Waals surface area contributed by atoms with Crippen molar-refractivity contribution in [2.45, 2.75) is 6.54 Å². The highest BCUT2D eigenvalue weighted by Gasteiger charge is 2.10. The van der Waals surface area contributed by atoms with Crippen molar-refractivity contribution in [2.24, 2.45) is 0 Å². The van der Waals surface area contributed by atoms with Gasteiger partial charge in [0.15, 0.2) is 0 Å². The van der Waals surface area contributed by atoms with Crippen molar-refractivity contribution in [3.63, 3.8) is 0 Å². The van der Waals surface area contributed by atoms with E-state index in [-0.39, 0.29) is 5.56 Å². The van der Waals surface area contributed by atoms with Crippen LogP contribution in [0.3, 0.4) is 0 Å². The van der Waals surface area contributed by atoms with Crippen molar-refractivity contribution in [3.8, 4) is 0 Å². The van der Waals surface area contributed by atoms with Gasteiger partial charge in [0.05, 0.1) is 18.4 Å². The first kappa shape index (κ1) is 12.7. The van der Waals surface area contributed by atoms with Crippen LogP contribution in [0.1, 0.15) is 16.1 Å². The van der Waals surface area contributed by atoms with Crippen LogP contribution in [0.15, 0.2) is 45.5 Å². The second-order valence-corrected chi connectivity index (χ2v) is 4.85. The van der Waals surface area contributed by atoms with Gasteiger partial charge in [-0.05, 0) is 30.3 Å². The fraction of sp³-hybridized carbons (Fsp3) is 0.154. The van der Waals surface area contributed by atoms with Crippen molar-refractivity contribution in [1.29, 1.82) is 0 Å². The molecule has 0 bridgehead atoms. The number of carbonyl (C=O) groups is 1. The van der Waals surface area contributed by atoms with Gasteiger partial charge in [-0.25, -0.2) is 4.79 Å². The number of nitrogens with zero attached hydrogens (tertiary/aromatic N) is 1. The number of carboxylic acid groups (broad SMARTS) is 1. The average Bonchev–Trinajstić information content (AvgIpc) is 2.80. The van der Waals surface area contributed by atoms with Crippen molar-refractivity contribution >= 4 is 27.6 Å². The van der Waals surface area contributed by atoms with E-state index < -0.39 is 5.97 Å². The summed E-state index contributed by atoms with van der Waals surface area (Å²) in [4.78, 5) is 12.9. The van der Waals surface area contributed by atoms with Crippen LogP contribution in [0.4, 0.5) is 5.69 Å².